The molecular formula is C26H44O3. The zero-order valence-electron chi connectivity index (χ0n) is 19.4. The highest BCUT2D eigenvalue weighted by molar-refractivity contribution is 5.37. The zero-order chi connectivity index (χ0) is 21.7. The summed E-state index contributed by atoms with van der Waals surface area (Å²) in [5.74, 6) is 3.08. The van der Waals surface area contributed by atoms with Crippen LogP contribution < -0.4 is 0 Å². The Labute approximate surface area is 178 Å². The molecule has 166 valence electrons. The van der Waals surface area contributed by atoms with Gasteiger partial charge in [0.05, 0.1) is 17.8 Å². The van der Waals surface area contributed by atoms with E-state index in [0.717, 1.165) is 24.8 Å². The summed E-state index contributed by atoms with van der Waals surface area (Å²) >= 11 is 0. The Hall–Kier alpha value is -0.640. The summed E-state index contributed by atoms with van der Waals surface area (Å²) in [4.78, 5) is 0. The number of allylic oxidation sites excluding steroid dienone is 1. The molecule has 0 radical (unpaired) electrons. The average molecular weight is 405 g/mol. The minimum absolute atomic E-state index is 0.113. The van der Waals surface area contributed by atoms with Crippen LogP contribution in [-0.2, 0) is 0 Å². The third-order valence-electron chi connectivity index (χ3n) is 9.33. The van der Waals surface area contributed by atoms with E-state index in [0.29, 0.717) is 36.0 Å². The number of aliphatic hydroxyl groups is 3. The maximum absolute atomic E-state index is 11.0. The first-order chi connectivity index (χ1) is 13.4. The number of aliphatic hydroxyl groups excluding tert-OH is 2. The van der Waals surface area contributed by atoms with E-state index in [4.69, 9.17) is 0 Å². The van der Waals surface area contributed by atoms with Crippen LogP contribution in [0.4, 0.5) is 0 Å². The van der Waals surface area contributed by atoms with E-state index >= 15 is 0 Å². The molecule has 3 unspecified atom stereocenters. The first kappa shape index (κ1) is 23.0. The van der Waals surface area contributed by atoms with Crippen molar-refractivity contribution in [1.82, 2.24) is 0 Å². The molecule has 3 heteroatoms. The molecule has 3 aliphatic carbocycles. The Morgan fingerprint density at radius 1 is 1.14 bits per heavy atom. The van der Waals surface area contributed by atoms with Crippen molar-refractivity contribution in [3.8, 4) is 0 Å². The molecule has 3 aliphatic rings. The predicted molar refractivity (Wildman–Crippen MR) is 119 cm³/mol. The van der Waals surface area contributed by atoms with Gasteiger partial charge in [-0.3, -0.25) is 0 Å². The molecule has 0 heterocycles. The minimum Gasteiger partial charge on any atom is -0.393 e. The van der Waals surface area contributed by atoms with Crippen molar-refractivity contribution >= 4 is 0 Å². The van der Waals surface area contributed by atoms with Gasteiger partial charge < -0.3 is 15.3 Å². The maximum atomic E-state index is 11.0. The van der Waals surface area contributed by atoms with Gasteiger partial charge >= 0.3 is 0 Å². The van der Waals surface area contributed by atoms with Crippen LogP contribution in [0.15, 0.2) is 24.3 Å². The van der Waals surface area contributed by atoms with Gasteiger partial charge in [-0.15, -0.1) is 0 Å². The van der Waals surface area contributed by atoms with Gasteiger partial charge in [-0.2, -0.15) is 0 Å². The van der Waals surface area contributed by atoms with Crippen LogP contribution in [0.1, 0.15) is 73.6 Å². The Kier molecular flexibility index (Phi) is 6.46. The molecule has 2 bridgehead atoms. The van der Waals surface area contributed by atoms with Crippen LogP contribution in [0.5, 0.6) is 0 Å². The van der Waals surface area contributed by atoms with Crippen LogP contribution >= 0.6 is 0 Å². The molecule has 3 rings (SSSR count). The zero-order valence-corrected chi connectivity index (χ0v) is 19.4. The molecule has 9 atom stereocenters. The average Bonchev–Trinajstić information content (AvgIpc) is 2.87. The molecule has 0 saturated heterocycles. The highest BCUT2D eigenvalue weighted by atomic mass is 16.3. The van der Waals surface area contributed by atoms with Crippen molar-refractivity contribution in [3.05, 3.63) is 24.3 Å². The van der Waals surface area contributed by atoms with Crippen molar-refractivity contribution in [2.75, 3.05) is 0 Å². The Balaban J connectivity index is 1.65. The number of rotatable bonds is 7. The third-order valence-corrected chi connectivity index (χ3v) is 9.33. The van der Waals surface area contributed by atoms with Gasteiger partial charge in [0.1, 0.15) is 0 Å². The van der Waals surface area contributed by atoms with Crippen LogP contribution in [0.3, 0.4) is 0 Å². The van der Waals surface area contributed by atoms with E-state index in [2.05, 4.69) is 60.3 Å². The quantitative estimate of drug-likeness (QED) is 0.526. The summed E-state index contributed by atoms with van der Waals surface area (Å²) in [6.07, 6.45) is 8.36. The van der Waals surface area contributed by atoms with Crippen molar-refractivity contribution in [3.63, 3.8) is 0 Å². The van der Waals surface area contributed by atoms with E-state index in [1.165, 1.54) is 6.42 Å². The minimum atomic E-state index is -0.896. The standard InChI is InChI=1S/C26H44O3/c1-15(2)24(28)11-8-16(3)21-12-19(25(6,7)17(21)4)9-10-23-22-13-20(27)14-26(23,29)18(22)5/h9-10,15-17,19-24,27-29H,5,8,11-14H2,1-4,6-7H3/b10-9+/t16-,17+,19+,20+,21?,22?,23?,24-,26+/m0/s1. The van der Waals surface area contributed by atoms with Gasteiger partial charge in [-0.1, -0.05) is 60.3 Å². The molecule has 3 fully saturated rings. The normalized spacial score (nSPS) is 43.6. The summed E-state index contributed by atoms with van der Waals surface area (Å²) in [7, 11) is 0. The highest BCUT2D eigenvalue weighted by Gasteiger charge is 2.59. The predicted octanol–water partition coefficient (Wildman–Crippen LogP) is 4.96. The van der Waals surface area contributed by atoms with Crippen molar-refractivity contribution in [1.29, 1.82) is 0 Å². The van der Waals surface area contributed by atoms with Gasteiger partial charge in [0.2, 0.25) is 0 Å². The Morgan fingerprint density at radius 3 is 2.38 bits per heavy atom. The fourth-order valence-electron chi connectivity index (χ4n) is 6.55. The van der Waals surface area contributed by atoms with Crippen molar-refractivity contribution in [2.45, 2.75) is 91.5 Å². The van der Waals surface area contributed by atoms with Crippen LogP contribution in [0, 0.1) is 46.8 Å². The van der Waals surface area contributed by atoms with Gasteiger partial charge in [0, 0.05) is 12.3 Å². The molecule has 0 aromatic rings. The van der Waals surface area contributed by atoms with E-state index in [9.17, 15) is 15.3 Å². The highest BCUT2D eigenvalue weighted by Crippen LogP contribution is 2.59. The van der Waals surface area contributed by atoms with E-state index < -0.39 is 11.7 Å². The number of hydrogen-bond donors (Lipinski definition) is 3. The lowest BCUT2D eigenvalue weighted by Gasteiger charge is -2.58. The lowest BCUT2D eigenvalue weighted by Crippen LogP contribution is -2.61. The summed E-state index contributed by atoms with van der Waals surface area (Å²) < 4.78 is 0. The Bertz CT molecular complexity index is 636. The summed E-state index contributed by atoms with van der Waals surface area (Å²) in [6, 6.07) is 0. The lowest BCUT2D eigenvalue weighted by molar-refractivity contribution is -0.126. The number of hydrogen-bond acceptors (Lipinski definition) is 3. The third kappa shape index (κ3) is 4.00. The molecule has 29 heavy (non-hydrogen) atoms. The Morgan fingerprint density at radius 2 is 1.79 bits per heavy atom. The molecule has 0 aromatic carbocycles. The molecule has 0 spiro atoms. The van der Waals surface area contributed by atoms with Gasteiger partial charge in [0.25, 0.3) is 0 Å². The molecule has 0 aliphatic heterocycles. The van der Waals surface area contributed by atoms with Crippen LogP contribution in [0.25, 0.3) is 0 Å². The fourth-order valence-corrected chi connectivity index (χ4v) is 6.55. The second kappa shape index (κ2) is 8.13. The summed E-state index contributed by atoms with van der Waals surface area (Å²) in [6.45, 7) is 17.8. The monoisotopic (exact) mass is 404 g/mol. The van der Waals surface area contributed by atoms with Gasteiger partial charge in [-0.25, -0.2) is 0 Å². The van der Waals surface area contributed by atoms with Crippen molar-refractivity contribution in [2.24, 2.45) is 46.8 Å². The SMILES string of the molecule is C=C1C2C[C@@H](O)C[C@]1(O)C2/C=C/[C@@H]1CC([C@@H](C)CC[C@H](O)C(C)C)[C@@H](C)C1(C)C. The molecule has 0 aromatic heterocycles. The molecule has 3 saturated carbocycles. The number of fused-ring (bicyclic) bond motifs is 2. The van der Waals surface area contributed by atoms with E-state index in [-0.39, 0.29) is 23.4 Å². The molecule has 0 amide bonds. The van der Waals surface area contributed by atoms with Gasteiger partial charge in [-0.05, 0) is 72.2 Å². The summed E-state index contributed by atoms with van der Waals surface area (Å²) in [5, 5.41) is 31.2. The molecular weight excluding hydrogens is 360 g/mol. The fraction of sp³-hybridized carbons (Fsp3) is 0.846. The van der Waals surface area contributed by atoms with Crippen LogP contribution in [0.2, 0.25) is 0 Å². The smallest absolute Gasteiger partial charge is 0.0949 e. The largest absolute Gasteiger partial charge is 0.393 e. The molecule has 3 N–H and O–H groups in total. The molecule has 3 nitrogen and oxygen atoms in total. The summed E-state index contributed by atoms with van der Waals surface area (Å²) in [5.41, 5.74) is 0.253. The second-order valence-corrected chi connectivity index (χ2v) is 11.5. The maximum Gasteiger partial charge on any atom is 0.0949 e. The van der Waals surface area contributed by atoms with Crippen molar-refractivity contribution < 1.29 is 15.3 Å². The first-order valence-electron chi connectivity index (χ1n) is 11.9. The van der Waals surface area contributed by atoms with Crippen LogP contribution in [-0.4, -0.2) is 33.1 Å². The lowest BCUT2D eigenvalue weighted by atomic mass is 9.50. The topological polar surface area (TPSA) is 60.7 Å². The van der Waals surface area contributed by atoms with E-state index in [1.54, 1.807) is 0 Å². The van der Waals surface area contributed by atoms with Gasteiger partial charge in [0.15, 0.2) is 0 Å². The van der Waals surface area contributed by atoms with E-state index in [1.807, 2.05) is 0 Å². The second-order valence-electron chi connectivity index (χ2n) is 11.5. The first-order valence-corrected chi connectivity index (χ1v) is 11.9.